The summed E-state index contributed by atoms with van der Waals surface area (Å²) in [4.78, 5) is 11.4. The molecule has 1 aromatic carbocycles. The minimum atomic E-state index is -3.45. The van der Waals surface area contributed by atoms with Gasteiger partial charge in [0.25, 0.3) is 0 Å². The molecule has 21 heavy (non-hydrogen) atoms. The molecule has 6 nitrogen and oxygen atoms in total. The molecule has 1 aromatic rings. The van der Waals surface area contributed by atoms with Crippen molar-refractivity contribution >= 4 is 21.6 Å². The number of sulfonamides is 1. The Balaban J connectivity index is 2.78. The molecule has 1 rings (SSSR count). The van der Waals surface area contributed by atoms with Crippen molar-refractivity contribution in [3.63, 3.8) is 0 Å². The minimum Gasteiger partial charge on any atom is -0.354 e. The van der Waals surface area contributed by atoms with Crippen LogP contribution < -0.4 is 9.62 Å². The Hall–Kier alpha value is -2.07. The Morgan fingerprint density at radius 2 is 1.95 bits per heavy atom. The van der Waals surface area contributed by atoms with Gasteiger partial charge in [-0.1, -0.05) is 6.92 Å². The highest BCUT2D eigenvalue weighted by Crippen LogP contribution is 2.17. The average Bonchev–Trinajstić information content (AvgIpc) is 2.43. The number of rotatable bonds is 7. The first-order valence-corrected chi connectivity index (χ1v) is 8.48. The summed E-state index contributed by atoms with van der Waals surface area (Å²) in [5.74, 6) is -0.0919. The van der Waals surface area contributed by atoms with E-state index in [2.05, 4.69) is 5.32 Å². The van der Waals surface area contributed by atoms with Crippen LogP contribution in [0.3, 0.4) is 0 Å². The van der Waals surface area contributed by atoms with E-state index in [1.54, 1.807) is 24.3 Å². The van der Waals surface area contributed by atoms with Gasteiger partial charge in [0, 0.05) is 13.0 Å². The van der Waals surface area contributed by atoms with Crippen molar-refractivity contribution in [2.24, 2.45) is 0 Å². The minimum absolute atomic E-state index is 0.0919. The standard InChI is InChI=1S/C14H19N3O3S/c1-3-4-14(18)16-9-10-17(21(2,19)20)13-7-5-12(11-15)6-8-13/h5-8H,3-4,9-10H2,1-2H3,(H,16,18). The third-order valence-corrected chi connectivity index (χ3v) is 3.99. The van der Waals surface area contributed by atoms with E-state index in [4.69, 9.17) is 5.26 Å². The fourth-order valence-corrected chi connectivity index (χ4v) is 2.73. The Bertz CT molecular complexity index is 618. The molecule has 0 aliphatic carbocycles. The zero-order valence-corrected chi connectivity index (χ0v) is 13.0. The molecule has 0 aromatic heterocycles. The van der Waals surface area contributed by atoms with E-state index < -0.39 is 10.0 Å². The lowest BCUT2D eigenvalue weighted by Crippen LogP contribution is -2.38. The molecule has 0 aliphatic heterocycles. The number of carbonyl (C=O) groups is 1. The highest BCUT2D eigenvalue weighted by molar-refractivity contribution is 7.92. The Kier molecular flexibility index (Phi) is 6.18. The van der Waals surface area contributed by atoms with E-state index in [-0.39, 0.29) is 19.0 Å². The highest BCUT2D eigenvalue weighted by Gasteiger charge is 2.17. The topological polar surface area (TPSA) is 90.3 Å². The van der Waals surface area contributed by atoms with Crippen LogP contribution in [0.4, 0.5) is 5.69 Å². The fraction of sp³-hybridized carbons (Fsp3) is 0.429. The van der Waals surface area contributed by atoms with Gasteiger partial charge in [0.2, 0.25) is 15.9 Å². The molecule has 1 N–H and O–H groups in total. The predicted octanol–water partition coefficient (Wildman–Crippen LogP) is 1.24. The highest BCUT2D eigenvalue weighted by atomic mass is 32.2. The fourth-order valence-electron chi connectivity index (χ4n) is 1.80. The predicted molar refractivity (Wildman–Crippen MR) is 81.3 cm³/mol. The number of anilines is 1. The van der Waals surface area contributed by atoms with Crippen LogP contribution in [0, 0.1) is 11.3 Å². The third-order valence-electron chi connectivity index (χ3n) is 2.80. The molecule has 1 amide bonds. The maximum Gasteiger partial charge on any atom is 0.232 e. The van der Waals surface area contributed by atoms with Gasteiger partial charge in [-0.3, -0.25) is 9.10 Å². The van der Waals surface area contributed by atoms with Crippen LogP contribution in [0.5, 0.6) is 0 Å². The summed E-state index contributed by atoms with van der Waals surface area (Å²) < 4.78 is 24.9. The Morgan fingerprint density at radius 3 is 2.43 bits per heavy atom. The summed E-state index contributed by atoms with van der Waals surface area (Å²) in [6.07, 6.45) is 2.28. The van der Waals surface area contributed by atoms with Crippen LogP contribution in [0.25, 0.3) is 0 Å². The third kappa shape index (κ3) is 5.44. The normalized spacial score (nSPS) is 10.7. The molecule has 0 saturated carbocycles. The molecular formula is C14H19N3O3S. The van der Waals surface area contributed by atoms with Crippen molar-refractivity contribution in [2.75, 3.05) is 23.7 Å². The monoisotopic (exact) mass is 309 g/mol. The molecule has 0 bridgehead atoms. The average molecular weight is 309 g/mol. The Labute approximate surface area is 125 Å². The van der Waals surface area contributed by atoms with Gasteiger partial charge in [-0.15, -0.1) is 0 Å². The quantitative estimate of drug-likeness (QED) is 0.820. The number of nitrogens with zero attached hydrogens (tertiary/aromatic N) is 2. The van der Waals surface area contributed by atoms with Crippen LogP contribution in [0.1, 0.15) is 25.3 Å². The summed E-state index contributed by atoms with van der Waals surface area (Å²) in [5, 5.41) is 11.4. The maximum atomic E-state index is 11.8. The van der Waals surface area contributed by atoms with Gasteiger partial charge in [-0.05, 0) is 30.7 Å². The molecule has 0 fully saturated rings. The van der Waals surface area contributed by atoms with Gasteiger partial charge >= 0.3 is 0 Å². The van der Waals surface area contributed by atoms with E-state index in [9.17, 15) is 13.2 Å². The van der Waals surface area contributed by atoms with Crippen LogP contribution in [0.2, 0.25) is 0 Å². The van der Waals surface area contributed by atoms with Crippen LogP contribution >= 0.6 is 0 Å². The zero-order valence-electron chi connectivity index (χ0n) is 12.2. The molecule has 0 saturated heterocycles. The number of hydrogen-bond donors (Lipinski definition) is 1. The second-order valence-corrected chi connectivity index (χ2v) is 6.50. The van der Waals surface area contributed by atoms with E-state index >= 15 is 0 Å². The van der Waals surface area contributed by atoms with Gasteiger partial charge < -0.3 is 5.32 Å². The van der Waals surface area contributed by atoms with Crippen molar-refractivity contribution in [3.8, 4) is 6.07 Å². The summed E-state index contributed by atoms with van der Waals surface area (Å²) >= 11 is 0. The molecule has 114 valence electrons. The smallest absolute Gasteiger partial charge is 0.232 e. The van der Waals surface area contributed by atoms with Gasteiger partial charge in [0.15, 0.2) is 0 Å². The zero-order chi connectivity index (χ0) is 15.9. The summed E-state index contributed by atoms with van der Waals surface area (Å²) in [5.41, 5.74) is 0.935. The molecule has 7 heteroatoms. The first-order valence-electron chi connectivity index (χ1n) is 6.63. The van der Waals surface area contributed by atoms with E-state index in [1.165, 1.54) is 4.31 Å². The maximum absolute atomic E-state index is 11.8. The van der Waals surface area contributed by atoms with Gasteiger partial charge in [0.05, 0.1) is 30.1 Å². The second kappa shape index (κ2) is 7.64. The molecule has 0 atom stereocenters. The van der Waals surface area contributed by atoms with Crippen molar-refractivity contribution in [2.45, 2.75) is 19.8 Å². The largest absolute Gasteiger partial charge is 0.354 e. The number of carbonyl (C=O) groups excluding carboxylic acids is 1. The van der Waals surface area contributed by atoms with Crippen molar-refractivity contribution < 1.29 is 13.2 Å². The van der Waals surface area contributed by atoms with Gasteiger partial charge in [-0.25, -0.2) is 8.42 Å². The molecular weight excluding hydrogens is 290 g/mol. The van der Waals surface area contributed by atoms with E-state index in [0.29, 0.717) is 17.7 Å². The van der Waals surface area contributed by atoms with Crippen molar-refractivity contribution in [3.05, 3.63) is 29.8 Å². The van der Waals surface area contributed by atoms with Gasteiger partial charge in [-0.2, -0.15) is 5.26 Å². The molecule has 0 spiro atoms. The van der Waals surface area contributed by atoms with Crippen molar-refractivity contribution in [1.82, 2.24) is 5.32 Å². The molecule has 0 heterocycles. The number of nitrogens with one attached hydrogen (secondary N) is 1. The molecule has 0 aliphatic rings. The lowest BCUT2D eigenvalue weighted by molar-refractivity contribution is -0.121. The number of benzene rings is 1. The molecule has 0 unspecified atom stereocenters. The summed E-state index contributed by atoms with van der Waals surface area (Å²) in [7, 11) is -3.45. The van der Waals surface area contributed by atoms with E-state index in [0.717, 1.165) is 12.7 Å². The van der Waals surface area contributed by atoms with E-state index in [1.807, 2.05) is 13.0 Å². The van der Waals surface area contributed by atoms with Crippen molar-refractivity contribution in [1.29, 1.82) is 5.26 Å². The number of hydrogen-bond acceptors (Lipinski definition) is 4. The Morgan fingerprint density at radius 1 is 1.33 bits per heavy atom. The molecule has 0 radical (unpaired) electrons. The summed E-state index contributed by atoms with van der Waals surface area (Å²) in [6.45, 7) is 2.30. The number of nitriles is 1. The lowest BCUT2D eigenvalue weighted by atomic mass is 10.2. The second-order valence-electron chi connectivity index (χ2n) is 4.59. The first kappa shape index (κ1) is 17.0. The van der Waals surface area contributed by atoms with Crippen LogP contribution in [-0.2, 0) is 14.8 Å². The van der Waals surface area contributed by atoms with Crippen LogP contribution in [0.15, 0.2) is 24.3 Å². The SMILES string of the molecule is CCCC(=O)NCCN(c1ccc(C#N)cc1)S(C)(=O)=O. The van der Waals surface area contributed by atoms with Crippen LogP contribution in [-0.4, -0.2) is 33.7 Å². The first-order chi connectivity index (χ1) is 9.88. The number of amides is 1. The lowest BCUT2D eigenvalue weighted by Gasteiger charge is -2.22. The summed E-state index contributed by atoms with van der Waals surface area (Å²) in [6, 6.07) is 8.25. The van der Waals surface area contributed by atoms with Gasteiger partial charge in [0.1, 0.15) is 0 Å².